The van der Waals surface area contributed by atoms with Gasteiger partial charge in [-0.25, -0.2) is 4.39 Å². The van der Waals surface area contributed by atoms with Crippen molar-refractivity contribution >= 4 is 5.91 Å². The lowest BCUT2D eigenvalue weighted by Gasteiger charge is -2.14. The average Bonchev–Trinajstić information content (AvgIpc) is 3.25. The van der Waals surface area contributed by atoms with Gasteiger partial charge in [0, 0.05) is 6.07 Å². The number of H-pyrrole nitrogens is 1. The standard InChI is InChI=1S/C17H16FN3O3/c1-10(11-5-6-15(23-2)12(18)8-11)19-17(22)14-9-13(20-21-14)16-4-3-7-24-16/h3-10H,1-2H3,(H,19,22)(H,20,21)/t10-/m0/s1. The van der Waals surface area contributed by atoms with Gasteiger partial charge in [-0.05, 0) is 36.8 Å². The Labute approximate surface area is 137 Å². The van der Waals surface area contributed by atoms with Gasteiger partial charge < -0.3 is 14.5 Å². The number of hydrogen-bond acceptors (Lipinski definition) is 4. The van der Waals surface area contributed by atoms with Crippen molar-refractivity contribution in [1.82, 2.24) is 15.5 Å². The molecule has 1 amide bonds. The van der Waals surface area contributed by atoms with Crippen LogP contribution in [0.4, 0.5) is 4.39 Å². The zero-order valence-corrected chi connectivity index (χ0v) is 13.2. The topological polar surface area (TPSA) is 80.1 Å². The van der Waals surface area contributed by atoms with Crippen molar-refractivity contribution in [3.05, 3.63) is 59.7 Å². The molecule has 2 N–H and O–H groups in total. The fourth-order valence-corrected chi connectivity index (χ4v) is 2.30. The van der Waals surface area contributed by atoms with Crippen LogP contribution in [0.3, 0.4) is 0 Å². The molecule has 1 atom stereocenters. The first-order valence-electron chi connectivity index (χ1n) is 7.32. The van der Waals surface area contributed by atoms with Gasteiger partial charge in [-0.3, -0.25) is 9.89 Å². The van der Waals surface area contributed by atoms with E-state index >= 15 is 0 Å². The number of nitrogens with one attached hydrogen (secondary N) is 2. The van der Waals surface area contributed by atoms with Crippen LogP contribution in [-0.4, -0.2) is 23.2 Å². The lowest BCUT2D eigenvalue weighted by molar-refractivity contribution is 0.0934. The number of rotatable bonds is 5. The van der Waals surface area contributed by atoms with E-state index in [0.717, 1.165) is 0 Å². The molecule has 3 rings (SSSR count). The van der Waals surface area contributed by atoms with E-state index in [-0.39, 0.29) is 23.4 Å². The second-order valence-corrected chi connectivity index (χ2v) is 5.23. The van der Waals surface area contributed by atoms with E-state index in [0.29, 0.717) is 17.0 Å². The van der Waals surface area contributed by atoms with Crippen molar-refractivity contribution in [3.63, 3.8) is 0 Å². The van der Waals surface area contributed by atoms with Crippen LogP contribution >= 0.6 is 0 Å². The highest BCUT2D eigenvalue weighted by Gasteiger charge is 2.17. The third-order valence-electron chi connectivity index (χ3n) is 3.62. The number of carbonyl (C=O) groups is 1. The summed E-state index contributed by atoms with van der Waals surface area (Å²) in [6, 6.07) is 9.27. The number of aromatic amines is 1. The first-order chi connectivity index (χ1) is 11.6. The molecule has 24 heavy (non-hydrogen) atoms. The molecular formula is C17H16FN3O3. The highest BCUT2D eigenvalue weighted by Crippen LogP contribution is 2.22. The number of aromatic nitrogens is 2. The molecule has 0 unspecified atom stereocenters. The Morgan fingerprint density at radius 1 is 1.38 bits per heavy atom. The van der Waals surface area contributed by atoms with Crippen LogP contribution in [-0.2, 0) is 0 Å². The SMILES string of the molecule is COc1ccc([C@H](C)NC(=O)c2cc(-c3ccco3)[nH]n2)cc1F. The lowest BCUT2D eigenvalue weighted by atomic mass is 10.1. The molecule has 1 aromatic carbocycles. The zero-order chi connectivity index (χ0) is 17.1. The third-order valence-corrected chi connectivity index (χ3v) is 3.62. The fourth-order valence-electron chi connectivity index (χ4n) is 2.30. The minimum absolute atomic E-state index is 0.160. The Balaban J connectivity index is 1.71. The molecule has 0 fully saturated rings. The van der Waals surface area contributed by atoms with E-state index in [1.807, 2.05) is 0 Å². The van der Waals surface area contributed by atoms with Crippen LogP contribution in [0.1, 0.15) is 29.0 Å². The van der Waals surface area contributed by atoms with Gasteiger partial charge >= 0.3 is 0 Å². The van der Waals surface area contributed by atoms with Crippen LogP contribution in [0.5, 0.6) is 5.75 Å². The molecule has 0 spiro atoms. The molecule has 6 nitrogen and oxygen atoms in total. The number of ether oxygens (including phenoxy) is 1. The van der Waals surface area contributed by atoms with E-state index in [1.54, 1.807) is 31.2 Å². The van der Waals surface area contributed by atoms with Crippen molar-refractivity contribution in [1.29, 1.82) is 0 Å². The Bertz CT molecular complexity index is 843. The molecule has 2 heterocycles. The van der Waals surface area contributed by atoms with Gasteiger partial charge in [0.25, 0.3) is 5.91 Å². The first kappa shape index (κ1) is 15.8. The van der Waals surface area contributed by atoms with Crippen LogP contribution in [0.25, 0.3) is 11.5 Å². The number of nitrogens with zero attached hydrogens (tertiary/aromatic N) is 1. The molecule has 0 bridgehead atoms. The van der Waals surface area contributed by atoms with Gasteiger partial charge in [0.1, 0.15) is 5.69 Å². The average molecular weight is 329 g/mol. The van der Waals surface area contributed by atoms with Crippen molar-refractivity contribution < 1.29 is 18.3 Å². The fraction of sp³-hybridized carbons (Fsp3) is 0.176. The Morgan fingerprint density at radius 3 is 2.88 bits per heavy atom. The molecule has 0 aliphatic heterocycles. The van der Waals surface area contributed by atoms with Gasteiger partial charge in [-0.15, -0.1) is 0 Å². The molecule has 0 saturated heterocycles. The number of hydrogen-bond donors (Lipinski definition) is 2. The van der Waals surface area contributed by atoms with Crippen molar-refractivity contribution in [2.45, 2.75) is 13.0 Å². The molecule has 124 valence electrons. The number of halogens is 1. The molecule has 0 aliphatic rings. The quantitative estimate of drug-likeness (QED) is 0.752. The smallest absolute Gasteiger partial charge is 0.272 e. The highest BCUT2D eigenvalue weighted by molar-refractivity contribution is 5.93. The second-order valence-electron chi connectivity index (χ2n) is 5.23. The maximum atomic E-state index is 13.8. The summed E-state index contributed by atoms with van der Waals surface area (Å²) >= 11 is 0. The van der Waals surface area contributed by atoms with E-state index in [4.69, 9.17) is 9.15 Å². The summed E-state index contributed by atoms with van der Waals surface area (Å²) in [5, 5.41) is 9.49. The van der Waals surface area contributed by atoms with E-state index < -0.39 is 5.82 Å². The van der Waals surface area contributed by atoms with Crippen molar-refractivity contribution in [3.8, 4) is 17.2 Å². The maximum absolute atomic E-state index is 13.8. The Morgan fingerprint density at radius 2 is 2.21 bits per heavy atom. The van der Waals surface area contributed by atoms with Crippen molar-refractivity contribution in [2.75, 3.05) is 7.11 Å². The predicted octanol–water partition coefficient (Wildman–Crippen LogP) is 3.31. The molecule has 7 heteroatoms. The molecule has 2 aromatic heterocycles. The van der Waals surface area contributed by atoms with Crippen molar-refractivity contribution in [2.24, 2.45) is 0 Å². The van der Waals surface area contributed by atoms with Gasteiger partial charge in [-0.1, -0.05) is 6.07 Å². The summed E-state index contributed by atoms with van der Waals surface area (Å²) in [6.07, 6.45) is 1.54. The van der Waals surface area contributed by atoms with Gasteiger partial charge in [0.05, 0.1) is 19.4 Å². The van der Waals surface area contributed by atoms with Gasteiger partial charge in [0.2, 0.25) is 0 Å². The summed E-state index contributed by atoms with van der Waals surface area (Å²) in [7, 11) is 1.40. The van der Waals surface area contributed by atoms with Crippen LogP contribution < -0.4 is 10.1 Å². The molecule has 0 saturated carbocycles. The lowest BCUT2D eigenvalue weighted by Crippen LogP contribution is -2.27. The Hall–Kier alpha value is -3.09. The van der Waals surface area contributed by atoms with Gasteiger partial charge in [0.15, 0.2) is 23.0 Å². The number of methoxy groups -OCH3 is 1. The summed E-state index contributed by atoms with van der Waals surface area (Å²) in [4.78, 5) is 12.3. The molecule has 3 aromatic rings. The van der Waals surface area contributed by atoms with E-state index in [2.05, 4.69) is 15.5 Å². The largest absolute Gasteiger partial charge is 0.494 e. The predicted molar refractivity (Wildman–Crippen MR) is 85.1 cm³/mol. The summed E-state index contributed by atoms with van der Waals surface area (Å²) < 4.78 is 23.9. The normalized spacial score (nSPS) is 12.0. The first-order valence-corrected chi connectivity index (χ1v) is 7.32. The number of benzene rings is 1. The number of amides is 1. The highest BCUT2D eigenvalue weighted by atomic mass is 19.1. The van der Waals surface area contributed by atoms with Crippen LogP contribution in [0, 0.1) is 5.82 Å². The maximum Gasteiger partial charge on any atom is 0.272 e. The monoisotopic (exact) mass is 329 g/mol. The summed E-state index contributed by atoms with van der Waals surface area (Å²) in [5.41, 5.74) is 1.46. The van der Waals surface area contributed by atoms with E-state index in [1.165, 1.54) is 25.5 Å². The van der Waals surface area contributed by atoms with Crippen LogP contribution in [0.2, 0.25) is 0 Å². The van der Waals surface area contributed by atoms with Gasteiger partial charge in [-0.2, -0.15) is 5.10 Å². The molecule has 0 radical (unpaired) electrons. The minimum Gasteiger partial charge on any atom is -0.494 e. The third kappa shape index (κ3) is 3.15. The molecule has 0 aliphatic carbocycles. The molecular weight excluding hydrogens is 313 g/mol. The number of furan rings is 1. The zero-order valence-electron chi connectivity index (χ0n) is 13.2. The summed E-state index contributed by atoms with van der Waals surface area (Å²) in [5.74, 6) is -0.0942. The number of carbonyl (C=O) groups excluding carboxylic acids is 1. The second kappa shape index (κ2) is 6.57. The Kier molecular flexibility index (Phi) is 4.33. The van der Waals surface area contributed by atoms with E-state index in [9.17, 15) is 9.18 Å². The summed E-state index contributed by atoms with van der Waals surface area (Å²) in [6.45, 7) is 1.76. The van der Waals surface area contributed by atoms with Crippen LogP contribution in [0.15, 0.2) is 47.1 Å². The minimum atomic E-state index is -0.476.